The molecule has 16 heavy (non-hydrogen) atoms. The molecule has 0 bridgehead atoms. The number of hydrogen-bond donors (Lipinski definition) is 4. The highest BCUT2D eigenvalue weighted by Gasteiger charge is 2.48. The summed E-state index contributed by atoms with van der Waals surface area (Å²) >= 11 is 0. The number of carboxylic acids is 2. The Hall–Kier alpha value is -2.08. The summed E-state index contributed by atoms with van der Waals surface area (Å²) in [5.74, 6) is -3.75. The zero-order chi connectivity index (χ0) is 12.5. The van der Waals surface area contributed by atoms with E-state index in [-0.39, 0.29) is 11.3 Å². The number of rotatable bonds is 3. The lowest BCUT2D eigenvalue weighted by Crippen LogP contribution is -2.44. The molecule has 0 aromatic heterocycles. The van der Waals surface area contributed by atoms with E-state index in [9.17, 15) is 14.7 Å². The predicted molar refractivity (Wildman–Crippen MR) is 54.8 cm³/mol. The Morgan fingerprint density at radius 3 is 2.19 bits per heavy atom. The first-order chi connectivity index (χ1) is 7.30. The maximum atomic E-state index is 10.8. The SMILES string of the molecule is Cc1ccc(N)c(C(O)(C(=O)O)C(=O)O)c1. The van der Waals surface area contributed by atoms with Crippen molar-refractivity contribution in [3.63, 3.8) is 0 Å². The van der Waals surface area contributed by atoms with E-state index in [4.69, 9.17) is 15.9 Å². The van der Waals surface area contributed by atoms with Gasteiger partial charge in [0.05, 0.1) is 0 Å². The molecule has 0 fully saturated rings. The van der Waals surface area contributed by atoms with Crippen LogP contribution >= 0.6 is 0 Å². The van der Waals surface area contributed by atoms with Gasteiger partial charge in [-0.1, -0.05) is 11.6 Å². The predicted octanol–water partition coefficient (Wildman–Crippen LogP) is -0.0660. The van der Waals surface area contributed by atoms with Gasteiger partial charge in [-0.2, -0.15) is 0 Å². The highest BCUT2D eigenvalue weighted by atomic mass is 16.4. The molecule has 0 atom stereocenters. The number of carboxylic acid groups (broad SMARTS) is 2. The van der Waals surface area contributed by atoms with Crippen LogP contribution in [0.2, 0.25) is 0 Å². The number of hydrogen-bond acceptors (Lipinski definition) is 4. The van der Waals surface area contributed by atoms with Crippen LogP contribution in [0.5, 0.6) is 0 Å². The molecule has 0 aliphatic heterocycles. The molecular formula is C10H11NO5. The maximum Gasteiger partial charge on any atom is 0.352 e. The molecule has 1 rings (SSSR count). The van der Waals surface area contributed by atoms with Crippen LogP contribution in [0.1, 0.15) is 11.1 Å². The average Bonchev–Trinajstić information content (AvgIpc) is 2.19. The molecule has 0 unspecified atom stereocenters. The van der Waals surface area contributed by atoms with Crippen molar-refractivity contribution >= 4 is 17.6 Å². The molecule has 1 aromatic rings. The first kappa shape index (κ1) is 12.0. The van der Waals surface area contributed by atoms with E-state index >= 15 is 0 Å². The van der Waals surface area contributed by atoms with Crippen molar-refractivity contribution in [1.82, 2.24) is 0 Å². The summed E-state index contributed by atoms with van der Waals surface area (Å²) in [6.07, 6.45) is 0. The van der Waals surface area contributed by atoms with Crippen molar-refractivity contribution in [3.8, 4) is 0 Å². The lowest BCUT2D eigenvalue weighted by atomic mass is 9.91. The van der Waals surface area contributed by atoms with Crippen molar-refractivity contribution in [2.75, 3.05) is 5.73 Å². The highest BCUT2D eigenvalue weighted by Crippen LogP contribution is 2.28. The van der Waals surface area contributed by atoms with Gasteiger partial charge in [0.1, 0.15) is 0 Å². The number of benzene rings is 1. The molecule has 0 spiro atoms. The number of nitrogen functional groups attached to an aromatic ring is 1. The maximum absolute atomic E-state index is 10.8. The number of aliphatic carboxylic acids is 2. The fraction of sp³-hybridized carbons (Fsp3) is 0.200. The number of aliphatic hydroxyl groups is 1. The molecule has 0 aliphatic carbocycles. The second-order valence-electron chi connectivity index (χ2n) is 3.41. The lowest BCUT2D eigenvalue weighted by Gasteiger charge is -2.20. The largest absolute Gasteiger partial charge is 0.478 e. The van der Waals surface area contributed by atoms with Crippen molar-refractivity contribution < 1.29 is 24.9 Å². The van der Waals surface area contributed by atoms with Crippen molar-refractivity contribution in [2.45, 2.75) is 12.5 Å². The van der Waals surface area contributed by atoms with Crippen LogP contribution in [0.3, 0.4) is 0 Å². The molecule has 0 amide bonds. The Kier molecular flexibility index (Phi) is 2.86. The second kappa shape index (κ2) is 3.82. The van der Waals surface area contributed by atoms with Crippen molar-refractivity contribution in [3.05, 3.63) is 29.3 Å². The van der Waals surface area contributed by atoms with Crippen LogP contribution in [-0.2, 0) is 15.2 Å². The minimum absolute atomic E-state index is 0.0853. The summed E-state index contributed by atoms with van der Waals surface area (Å²) in [6, 6.07) is 4.17. The van der Waals surface area contributed by atoms with Crippen molar-refractivity contribution in [1.29, 1.82) is 0 Å². The summed E-state index contributed by atoms with van der Waals surface area (Å²) < 4.78 is 0. The van der Waals surface area contributed by atoms with E-state index in [1.807, 2.05) is 0 Å². The highest BCUT2D eigenvalue weighted by molar-refractivity contribution is 6.03. The summed E-state index contributed by atoms with van der Waals surface area (Å²) in [5, 5.41) is 27.2. The fourth-order valence-corrected chi connectivity index (χ4v) is 1.31. The average molecular weight is 225 g/mol. The van der Waals surface area contributed by atoms with E-state index in [0.29, 0.717) is 5.56 Å². The molecule has 1 aromatic carbocycles. The quantitative estimate of drug-likeness (QED) is 0.422. The topological polar surface area (TPSA) is 121 Å². The van der Waals surface area contributed by atoms with Gasteiger partial charge in [0.2, 0.25) is 0 Å². The van der Waals surface area contributed by atoms with E-state index < -0.39 is 17.5 Å². The van der Waals surface area contributed by atoms with Gasteiger partial charge in [0.25, 0.3) is 5.60 Å². The summed E-state index contributed by atoms with van der Waals surface area (Å²) in [7, 11) is 0. The third kappa shape index (κ3) is 1.70. The molecule has 86 valence electrons. The third-order valence-corrected chi connectivity index (χ3v) is 2.22. The first-order valence-corrected chi connectivity index (χ1v) is 4.36. The molecule has 0 aliphatic rings. The van der Waals surface area contributed by atoms with Crippen LogP contribution in [0.15, 0.2) is 18.2 Å². The molecule has 6 heteroatoms. The van der Waals surface area contributed by atoms with Gasteiger partial charge in [-0.15, -0.1) is 0 Å². The zero-order valence-corrected chi connectivity index (χ0v) is 8.47. The van der Waals surface area contributed by atoms with Crippen LogP contribution in [0.4, 0.5) is 5.69 Å². The van der Waals surface area contributed by atoms with Crippen LogP contribution in [0, 0.1) is 6.92 Å². The zero-order valence-electron chi connectivity index (χ0n) is 8.47. The van der Waals surface area contributed by atoms with Gasteiger partial charge < -0.3 is 21.1 Å². The minimum Gasteiger partial charge on any atom is -0.478 e. The molecule has 0 heterocycles. The molecule has 0 saturated heterocycles. The van der Waals surface area contributed by atoms with Crippen LogP contribution in [-0.4, -0.2) is 27.3 Å². The Labute approximate surface area is 90.9 Å². The normalized spacial score (nSPS) is 11.1. The Morgan fingerprint density at radius 2 is 1.75 bits per heavy atom. The third-order valence-electron chi connectivity index (χ3n) is 2.22. The fourth-order valence-electron chi connectivity index (χ4n) is 1.31. The van der Waals surface area contributed by atoms with Gasteiger partial charge in [0, 0.05) is 11.3 Å². The van der Waals surface area contributed by atoms with Crippen molar-refractivity contribution in [2.24, 2.45) is 0 Å². The number of nitrogens with two attached hydrogens (primary N) is 1. The Balaban J connectivity index is 3.49. The van der Waals surface area contributed by atoms with Gasteiger partial charge >= 0.3 is 11.9 Å². The molecule has 5 N–H and O–H groups in total. The van der Waals surface area contributed by atoms with E-state index in [2.05, 4.69) is 0 Å². The minimum atomic E-state index is -3.02. The van der Waals surface area contributed by atoms with E-state index in [0.717, 1.165) is 0 Å². The summed E-state index contributed by atoms with van der Waals surface area (Å²) in [6.45, 7) is 1.63. The first-order valence-electron chi connectivity index (χ1n) is 4.36. The standard InChI is InChI=1S/C10H11NO5/c1-5-2-3-7(11)6(4-5)10(16,8(12)13)9(14)15/h2-4,16H,11H2,1H3,(H,12,13)(H,14,15). The Morgan fingerprint density at radius 1 is 1.25 bits per heavy atom. The smallest absolute Gasteiger partial charge is 0.352 e. The molecule has 6 nitrogen and oxygen atoms in total. The van der Waals surface area contributed by atoms with E-state index in [1.54, 1.807) is 13.0 Å². The van der Waals surface area contributed by atoms with Gasteiger partial charge in [-0.3, -0.25) is 0 Å². The van der Waals surface area contributed by atoms with Gasteiger partial charge in [-0.05, 0) is 19.1 Å². The van der Waals surface area contributed by atoms with E-state index in [1.165, 1.54) is 12.1 Å². The Bertz CT molecular complexity index is 441. The van der Waals surface area contributed by atoms with Crippen LogP contribution in [0.25, 0.3) is 0 Å². The lowest BCUT2D eigenvalue weighted by molar-refractivity contribution is -0.177. The summed E-state index contributed by atoms with van der Waals surface area (Å²) in [4.78, 5) is 21.7. The summed E-state index contributed by atoms with van der Waals surface area (Å²) in [5.41, 5.74) is 2.62. The molecular weight excluding hydrogens is 214 g/mol. The van der Waals surface area contributed by atoms with Gasteiger partial charge in [0.15, 0.2) is 0 Å². The number of aryl methyl sites for hydroxylation is 1. The monoisotopic (exact) mass is 225 g/mol. The van der Waals surface area contributed by atoms with Gasteiger partial charge in [-0.25, -0.2) is 9.59 Å². The molecule has 0 saturated carbocycles. The van der Waals surface area contributed by atoms with Crippen LogP contribution < -0.4 is 5.73 Å². The number of anilines is 1. The second-order valence-corrected chi connectivity index (χ2v) is 3.41. The number of carbonyl (C=O) groups is 2. The molecule has 0 radical (unpaired) electrons.